The molecule has 0 spiro atoms. The number of alkyl halides is 1. The van der Waals surface area contributed by atoms with Crippen molar-refractivity contribution in [3.05, 3.63) is 12.5 Å². The number of fused-ring (bicyclic) bond motifs is 1. The number of aromatic nitrogens is 4. The third kappa shape index (κ3) is 2.31. The minimum Gasteiger partial charge on any atom is -0.391 e. The summed E-state index contributed by atoms with van der Waals surface area (Å²) in [4.78, 5) is 11.9. The van der Waals surface area contributed by atoms with Crippen LogP contribution in [0.25, 0.3) is 11.2 Å². The van der Waals surface area contributed by atoms with E-state index in [0.29, 0.717) is 5.52 Å². The van der Waals surface area contributed by atoms with E-state index in [0.717, 1.165) is 0 Å². The summed E-state index contributed by atoms with van der Waals surface area (Å²) in [6, 6.07) is 0. The molecule has 8 nitrogen and oxygen atoms in total. The molecule has 2 aromatic heterocycles. The van der Waals surface area contributed by atoms with E-state index in [2.05, 4.69) is 26.8 Å². The topological polar surface area (TPSA) is 119 Å². The molecule has 1 aliphatic rings. The zero-order valence-electron chi connectivity index (χ0n) is 12.5. The molecular weight excluding hydrogens is 305 g/mol. The third-order valence-corrected chi connectivity index (χ3v) is 3.77. The first kappa shape index (κ1) is 15.6. The number of ether oxygens (including phenoxy) is 1. The number of nitrogens with two attached hydrogens (primary N) is 1. The van der Waals surface area contributed by atoms with Gasteiger partial charge in [-0.1, -0.05) is 5.92 Å². The predicted molar refractivity (Wildman–Crippen MR) is 78.6 cm³/mol. The molecule has 23 heavy (non-hydrogen) atoms. The average molecular weight is 321 g/mol. The van der Waals surface area contributed by atoms with Crippen LogP contribution in [0.4, 0.5) is 10.3 Å². The van der Waals surface area contributed by atoms with Gasteiger partial charge in [0.2, 0.25) is 11.6 Å². The van der Waals surface area contributed by atoms with Gasteiger partial charge in [0.05, 0.1) is 18.6 Å². The molecule has 4 N–H and O–H groups in total. The van der Waals surface area contributed by atoms with Crippen molar-refractivity contribution in [3.8, 4) is 11.8 Å². The van der Waals surface area contributed by atoms with E-state index in [4.69, 9.17) is 10.5 Å². The van der Waals surface area contributed by atoms with Crippen LogP contribution in [0.5, 0.6) is 0 Å². The Balaban J connectivity index is 2.14. The van der Waals surface area contributed by atoms with Gasteiger partial charge in [0.25, 0.3) is 0 Å². The van der Waals surface area contributed by atoms with Crippen LogP contribution in [0.2, 0.25) is 0 Å². The van der Waals surface area contributed by atoms with Gasteiger partial charge in [-0.2, -0.15) is 4.98 Å². The van der Waals surface area contributed by atoms with Crippen LogP contribution in [0, 0.1) is 11.8 Å². The summed E-state index contributed by atoms with van der Waals surface area (Å²) in [5.41, 5.74) is 3.78. The molecule has 0 saturated carbocycles. The van der Waals surface area contributed by atoms with Gasteiger partial charge < -0.3 is 20.7 Å². The number of hydrogen-bond acceptors (Lipinski definition) is 7. The lowest BCUT2D eigenvalue weighted by molar-refractivity contribution is -0.0776. The molecule has 0 amide bonds. The smallest absolute Gasteiger partial charge is 0.243 e. The first-order valence-corrected chi connectivity index (χ1v) is 6.98. The van der Waals surface area contributed by atoms with Crippen molar-refractivity contribution in [2.75, 3.05) is 5.73 Å². The van der Waals surface area contributed by atoms with Crippen molar-refractivity contribution in [1.29, 1.82) is 0 Å². The summed E-state index contributed by atoms with van der Waals surface area (Å²) >= 11 is 0. The summed E-state index contributed by atoms with van der Waals surface area (Å²) in [5.74, 6) is 4.80. The van der Waals surface area contributed by atoms with Gasteiger partial charge in [-0.15, -0.1) is 5.92 Å². The lowest BCUT2D eigenvalue weighted by atomic mass is 9.94. The molecule has 3 rings (SSSR count). The molecule has 122 valence electrons. The predicted octanol–water partition coefficient (Wildman–Crippen LogP) is -0.221. The summed E-state index contributed by atoms with van der Waals surface area (Å²) in [6.07, 6.45) is -2.47. The minimum absolute atomic E-state index is 0.00379. The highest BCUT2D eigenvalue weighted by Gasteiger charge is 2.59. The van der Waals surface area contributed by atoms with Crippen LogP contribution in [-0.4, -0.2) is 53.7 Å². The highest BCUT2D eigenvalue weighted by molar-refractivity contribution is 5.70. The quantitative estimate of drug-likeness (QED) is 0.654. The molecule has 9 heteroatoms. The van der Waals surface area contributed by atoms with E-state index in [1.807, 2.05) is 0 Å². The molecule has 0 aromatic carbocycles. The Morgan fingerprint density at radius 3 is 2.91 bits per heavy atom. The van der Waals surface area contributed by atoms with Gasteiger partial charge >= 0.3 is 0 Å². The van der Waals surface area contributed by atoms with E-state index in [1.165, 1.54) is 30.9 Å². The molecular formula is C14H16FN5O3. The van der Waals surface area contributed by atoms with Gasteiger partial charge in [-0.25, -0.2) is 14.4 Å². The average Bonchev–Trinajstić information content (AvgIpc) is 3.00. The van der Waals surface area contributed by atoms with E-state index in [1.54, 1.807) is 0 Å². The SMILES string of the molecule is CC#C[C@@]1(F)C(O)[C@@H]([C@@H](C)O)O[C@H]1n1cnc2cnc(N)nc21. The molecule has 2 aromatic rings. The molecule has 0 radical (unpaired) electrons. The van der Waals surface area contributed by atoms with Crippen molar-refractivity contribution in [2.45, 2.75) is 44.1 Å². The third-order valence-electron chi connectivity index (χ3n) is 3.77. The van der Waals surface area contributed by atoms with Gasteiger partial charge in [-0.05, 0) is 13.8 Å². The van der Waals surface area contributed by atoms with Crippen LogP contribution in [-0.2, 0) is 4.74 Å². The lowest BCUT2D eigenvalue weighted by Gasteiger charge is -2.23. The Hall–Kier alpha value is -2.28. The summed E-state index contributed by atoms with van der Waals surface area (Å²) < 4.78 is 22.2. The Bertz CT molecular complexity index is 799. The summed E-state index contributed by atoms with van der Waals surface area (Å²) in [6.45, 7) is 2.86. The molecule has 1 aliphatic heterocycles. The highest BCUT2D eigenvalue weighted by atomic mass is 19.1. The maximum atomic E-state index is 15.4. The van der Waals surface area contributed by atoms with Crippen molar-refractivity contribution >= 4 is 17.1 Å². The Labute approximate surface area is 131 Å². The Morgan fingerprint density at radius 1 is 1.52 bits per heavy atom. The van der Waals surface area contributed by atoms with Crippen molar-refractivity contribution in [3.63, 3.8) is 0 Å². The van der Waals surface area contributed by atoms with E-state index >= 15 is 4.39 Å². The molecule has 1 saturated heterocycles. The van der Waals surface area contributed by atoms with Crippen LogP contribution in [0.3, 0.4) is 0 Å². The second-order valence-electron chi connectivity index (χ2n) is 5.37. The molecule has 3 heterocycles. The number of nitrogens with zero attached hydrogens (tertiary/aromatic N) is 4. The number of hydrogen-bond donors (Lipinski definition) is 3. The molecule has 0 bridgehead atoms. The molecule has 1 fully saturated rings. The van der Waals surface area contributed by atoms with Gasteiger partial charge in [0.1, 0.15) is 17.7 Å². The van der Waals surface area contributed by atoms with E-state index < -0.39 is 30.2 Å². The van der Waals surface area contributed by atoms with Gasteiger partial charge in [0.15, 0.2) is 11.9 Å². The van der Waals surface area contributed by atoms with E-state index in [-0.39, 0.29) is 11.6 Å². The number of rotatable bonds is 2. The molecule has 0 aliphatic carbocycles. The first-order chi connectivity index (χ1) is 10.9. The largest absolute Gasteiger partial charge is 0.391 e. The first-order valence-electron chi connectivity index (χ1n) is 6.98. The minimum atomic E-state index is -2.43. The fourth-order valence-electron chi connectivity index (χ4n) is 2.69. The van der Waals surface area contributed by atoms with Crippen LogP contribution < -0.4 is 5.73 Å². The van der Waals surface area contributed by atoms with Crippen LogP contribution in [0.15, 0.2) is 12.5 Å². The van der Waals surface area contributed by atoms with Crippen molar-refractivity contribution in [1.82, 2.24) is 19.5 Å². The molecule has 5 atom stereocenters. The van der Waals surface area contributed by atoms with Crippen molar-refractivity contribution < 1.29 is 19.3 Å². The number of anilines is 1. The van der Waals surface area contributed by atoms with E-state index in [9.17, 15) is 10.2 Å². The maximum Gasteiger partial charge on any atom is 0.243 e. The zero-order chi connectivity index (χ0) is 16.8. The summed E-state index contributed by atoms with van der Waals surface area (Å²) in [7, 11) is 0. The standard InChI is InChI=1S/C14H16FN5O3/c1-3-4-14(15)10(22)9(7(2)21)23-12(14)20-6-18-8-5-17-13(16)19-11(8)20/h5-7,9-10,12,21-22H,1-2H3,(H2,16,17,19)/t7-,9-,10?,12-,14-/m1/s1. The Kier molecular flexibility index (Phi) is 3.68. The van der Waals surface area contributed by atoms with Gasteiger partial charge in [0, 0.05) is 0 Å². The lowest BCUT2D eigenvalue weighted by Crippen LogP contribution is -2.44. The number of imidazole rings is 1. The second-order valence-corrected chi connectivity index (χ2v) is 5.37. The number of nitrogen functional groups attached to an aromatic ring is 1. The number of aliphatic hydroxyl groups excluding tert-OH is 2. The van der Waals surface area contributed by atoms with Gasteiger partial charge in [-0.3, -0.25) is 4.57 Å². The highest BCUT2D eigenvalue weighted by Crippen LogP contribution is 2.43. The number of aliphatic hydroxyl groups is 2. The normalized spacial score (nSPS) is 31.8. The maximum absolute atomic E-state index is 15.4. The fraction of sp³-hybridized carbons (Fsp3) is 0.500. The van der Waals surface area contributed by atoms with Crippen molar-refractivity contribution in [2.24, 2.45) is 0 Å². The summed E-state index contributed by atoms with van der Waals surface area (Å²) in [5, 5.41) is 20.0. The van der Waals surface area contributed by atoms with Crippen LogP contribution >= 0.6 is 0 Å². The fourth-order valence-corrected chi connectivity index (χ4v) is 2.69. The molecule has 1 unspecified atom stereocenters. The van der Waals surface area contributed by atoms with Crippen LogP contribution in [0.1, 0.15) is 20.1 Å². The number of halogens is 1. The Morgan fingerprint density at radius 2 is 2.26 bits per heavy atom. The second kappa shape index (κ2) is 5.42. The zero-order valence-corrected chi connectivity index (χ0v) is 12.5. The monoisotopic (exact) mass is 321 g/mol.